The van der Waals surface area contributed by atoms with Crippen LogP contribution in [-0.2, 0) is 4.74 Å². The maximum Gasteiger partial charge on any atom is 0.239 e. The fourth-order valence-electron chi connectivity index (χ4n) is 2.75. The highest BCUT2D eigenvalue weighted by molar-refractivity contribution is 5.38. The van der Waals surface area contributed by atoms with Gasteiger partial charge in [-0.15, -0.1) is 0 Å². The van der Waals surface area contributed by atoms with Gasteiger partial charge < -0.3 is 10.1 Å². The minimum absolute atomic E-state index is 0.221. The highest BCUT2D eigenvalue weighted by atomic mass is 16.5. The standard InChI is InChI=1S/C12H20N6O/c13-17-12-14-4-3-11(16-12)15-6-10-7-18-5-1-2-9(18)8-19-10/h3-4,9-10H,1-2,5-8,13H2,(H2,14,15,16,17). The van der Waals surface area contributed by atoms with E-state index in [4.69, 9.17) is 10.6 Å². The van der Waals surface area contributed by atoms with E-state index in [2.05, 4.69) is 25.6 Å². The Balaban J connectivity index is 1.51. The lowest BCUT2D eigenvalue weighted by molar-refractivity contribution is -0.0416. The first-order valence-corrected chi connectivity index (χ1v) is 6.74. The molecule has 2 aliphatic heterocycles. The molecule has 7 nitrogen and oxygen atoms in total. The van der Waals surface area contributed by atoms with Crippen molar-refractivity contribution in [3.8, 4) is 0 Å². The highest BCUT2D eigenvalue weighted by Crippen LogP contribution is 2.22. The highest BCUT2D eigenvalue weighted by Gasteiger charge is 2.31. The number of hydrogen-bond donors (Lipinski definition) is 3. The fraction of sp³-hybridized carbons (Fsp3) is 0.667. The number of hydrazine groups is 1. The number of nitrogen functional groups attached to an aromatic ring is 1. The Morgan fingerprint density at radius 2 is 2.47 bits per heavy atom. The SMILES string of the molecule is NNc1nccc(NCC2CN3CCCC3CO2)n1. The van der Waals surface area contributed by atoms with Crippen LogP contribution in [0.2, 0.25) is 0 Å². The lowest BCUT2D eigenvalue weighted by Gasteiger charge is -2.35. The Bertz CT molecular complexity index is 428. The van der Waals surface area contributed by atoms with Crippen molar-refractivity contribution >= 4 is 11.8 Å². The molecule has 2 fully saturated rings. The molecular formula is C12H20N6O. The Morgan fingerprint density at radius 1 is 1.53 bits per heavy atom. The van der Waals surface area contributed by atoms with Crippen LogP contribution in [-0.4, -0.2) is 53.3 Å². The number of rotatable bonds is 4. The van der Waals surface area contributed by atoms with Gasteiger partial charge in [-0.25, -0.2) is 10.8 Å². The van der Waals surface area contributed by atoms with Gasteiger partial charge in [-0.3, -0.25) is 10.3 Å². The molecule has 19 heavy (non-hydrogen) atoms. The van der Waals surface area contributed by atoms with Crippen LogP contribution in [0.15, 0.2) is 12.3 Å². The molecule has 3 heterocycles. The molecule has 2 unspecified atom stereocenters. The van der Waals surface area contributed by atoms with E-state index in [1.807, 2.05) is 6.07 Å². The van der Waals surface area contributed by atoms with Crippen molar-refractivity contribution < 1.29 is 4.74 Å². The van der Waals surface area contributed by atoms with Crippen molar-refractivity contribution in [2.75, 3.05) is 37.0 Å². The summed E-state index contributed by atoms with van der Waals surface area (Å²) in [7, 11) is 0. The maximum atomic E-state index is 5.88. The summed E-state index contributed by atoms with van der Waals surface area (Å²) in [6.45, 7) is 3.82. The zero-order chi connectivity index (χ0) is 13.1. The quantitative estimate of drug-likeness (QED) is 0.522. The van der Waals surface area contributed by atoms with Crippen LogP contribution in [0.4, 0.5) is 11.8 Å². The molecule has 2 atom stereocenters. The first kappa shape index (κ1) is 12.6. The van der Waals surface area contributed by atoms with Crippen molar-refractivity contribution in [1.82, 2.24) is 14.9 Å². The van der Waals surface area contributed by atoms with Crippen molar-refractivity contribution in [2.45, 2.75) is 25.0 Å². The van der Waals surface area contributed by atoms with E-state index in [0.29, 0.717) is 12.0 Å². The van der Waals surface area contributed by atoms with E-state index in [9.17, 15) is 0 Å². The minimum atomic E-state index is 0.221. The molecule has 1 aromatic heterocycles. The maximum absolute atomic E-state index is 5.88. The first-order chi connectivity index (χ1) is 9.35. The second kappa shape index (κ2) is 5.68. The molecule has 0 amide bonds. The number of hydrogen-bond acceptors (Lipinski definition) is 7. The van der Waals surface area contributed by atoms with Crippen molar-refractivity contribution in [1.29, 1.82) is 0 Å². The number of morpholine rings is 1. The molecule has 0 saturated carbocycles. The molecule has 2 saturated heterocycles. The van der Waals surface area contributed by atoms with Gasteiger partial charge in [0.15, 0.2) is 0 Å². The zero-order valence-electron chi connectivity index (χ0n) is 10.9. The molecular weight excluding hydrogens is 244 g/mol. The average molecular weight is 264 g/mol. The number of fused-ring (bicyclic) bond motifs is 1. The van der Waals surface area contributed by atoms with Crippen LogP contribution >= 0.6 is 0 Å². The van der Waals surface area contributed by atoms with E-state index < -0.39 is 0 Å². The van der Waals surface area contributed by atoms with Crippen LogP contribution in [0.1, 0.15) is 12.8 Å². The third-order valence-corrected chi connectivity index (χ3v) is 3.76. The van der Waals surface area contributed by atoms with Crippen molar-refractivity contribution in [3.05, 3.63) is 12.3 Å². The van der Waals surface area contributed by atoms with Gasteiger partial charge in [-0.1, -0.05) is 0 Å². The van der Waals surface area contributed by atoms with Gasteiger partial charge in [-0.05, 0) is 25.5 Å². The number of aromatic nitrogens is 2. The summed E-state index contributed by atoms with van der Waals surface area (Å²) in [5, 5.41) is 3.27. The number of nitrogens with one attached hydrogen (secondary N) is 2. The van der Waals surface area contributed by atoms with Crippen molar-refractivity contribution in [2.24, 2.45) is 5.84 Å². The van der Waals surface area contributed by atoms with E-state index in [1.165, 1.54) is 19.4 Å². The number of ether oxygens (including phenoxy) is 1. The second-order valence-electron chi connectivity index (χ2n) is 5.04. The summed E-state index contributed by atoms with van der Waals surface area (Å²) < 4.78 is 5.88. The smallest absolute Gasteiger partial charge is 0.239 e. The normalized spacial score (nSPS) is 27.0. The van der Waals surface area contributed by atoms with E-state index in [1.54, 1.807) is 6.20 Å². The van der Waals surface area contributed by atoms with Gasteiger partial charge >= 0.3 is 0 Å². The largest absolute Gasteiger partial charge is 0.373 e. The van der Waals surface area contributed by atoms with Gasteiger partial charge in [0, 0.05) is 25.3 Å². The number of anilines is 2. The molecule has 3 rings (SSSR count). The molecule has 7 heteroatoms. The number of nitrogens with zero attached hydrogens (tertiary/aromatic N) is 3. The summed E-state index contributed by atoms with van der Waals surface area (Å²) in [5.41, 5.74) is 2.43. The lowest BCUT2D eigenvalue weighted by Crippen LogP contribution is -2.48. The summed E-state index contributed by atoms with van der Waals surface area (Å²) in [4.78, 5) is 10.7. The van der Waals surface area contributed by atoms with E-state index in [-0.39, 0.29) is 6.10 Å². The van der Waals surface area contributed by atoms with Gasteiger partial charge in [0.05, 0.1) is 12.7 Å². The van der Waals surface area contributed by atoms with Crippen LogP contribution in [0.25, 0.3) is 0 Å². The van der Waals surface area contributed by atoms with Crippen LogP contribution in [0.3, 0.4) is 0 Å². The van der Waals surface area contributed by atoms with Crippen molar-refractivity contribution in [3.63, 3.8) is 0 Å². The monoisotopic (exact) mass is 264 g/mol. The Hall–Kier alpha value is -1.44. The third-order valence-electron chi connectivity index (χ3n) is 3.76. The second-order valence-corrected chi connectivity index (χ2v) is 5.04. The third kappa shape index (κ3) is 2.94. The van der Waals surface area contributed by atoms with Crippen LogP contribution in [0, 0.1) is 0 Å². The number of nitrogens with two attached hydrogens (primary N) is 1. The molecule has 0 bridgehead atoms. The van der Waals surface area contributed by atoms with Crippen LogP contribution < -0.4 is 16.6 Å². The van der Waals surface area contributed by atoms with Crippen LogP contribution in [0.5, 0.6) is 0 Å². The first-order valence-electron chi connectivity index (χ1n) is 6.74. The summed E-state index contributed by atoms with van der Waals surface area (Å²) in [6.07, 6.45) is 4.46. The minimum Gasteiger partial charge on any atom is -0.373 e. The van der Waals surface area contributed by atoms with Gasteiger partial charge in [0.1, 0.15) is 5.82 Å². The average Bonchev–Trinajstić information content (AvgIpc) is 2.93. The summed E-state index contributed by atoms with van der Waals surface area (Å²) in [6, 6.07) is 2.46. The predicted molar refractivity (Wildman–Crippen MR) is 72.7 cm³/mol. The Labute approximate surface area is 112 Å². The molecule has 1 aromatic rings. The van der Waals surface area contributed by atoms with E-state index >= 15 is 0 Å². The molecule has 104 valence electrons. The summed E-state index contributed by atoms with van der Waals surface area (Å²) in [5.74, 6) is 6.45. The van der Waals surface area contributed by atoms with E-state index in [0.717, 1.165) is 25.5 Å². The zero-order valence-corrected chi connectivity index (χ0v) is 10.9. The lowest BCUT2D eigenvalue weighted by atomic mass is 10.2. The topological polar surface area (TPSA) is 88.3 Å². The molecule has 0 aliphatic carbocycles. The molecule has 0 spiro atoms. The fourth-order valence-corrected chi connectivity index (χ4v) is 2.75. The summed E-state index contributed by atoms with van der Waals surface area (Å²) >= 11 is 0. The molecule has 0 radical (unpaired) electrons. The van der Waals surface area contributed by atoms with Gasteiger partial charge in [-0.2, -0.15) is 4.98 Å². The molecule has 4 N–H and O–H groups in total. The van der Waals surface area contributed by atoms with Gasteiger partial charge in [0.25, 0.3) is 0 Å². The Morgan fingerprint density at radius 3 is 3.37 bits per heavy atom. The molecule has 2 aliphatic rings. The Kier molecular flexibility index (Phi) is 3.77. The van der Waals surface area contributed by atoms with Gasteiger partial charge in [0.2, 0.25) is 5.95 Å². The molecule has 0 aromatic carbocycles. The predicted octanol–water partition coefficient (Wildman–Crippen LogP) is 0.0373.